The van der Waals surface area contributed by atoms with E-state index in [0.717, 1.165) is 51.6 Å². The smallest absolute Gasteiger partial charge is 0.246 e. The second-order valence-electron chi connectivity index (χ2n) is 11.8. The summed E-state index contributed by atoms with van der Waals surface area (Å²) < 4.78 is 27.1. The predicted octanol–water partition coefficient (Wildman–Crippen LogP) is 4.48. The average Bonchev–Trinajstić information content (AvgIpc) is 3.41. The third-order valence-electron chi connectivity index (χ3n) is 9.26. The maximum absolute atomic E-state index is 14.2. The quantitative estimate of drug-likeness (QED) is 0.385. The molecule has 1 aliphatic carbocycles. The fraction of sp³-hybridized carbons (Fsp3) is 0.515. The van der Waals surface area contributed by atoms with Gasteiger partial charge in [0.2, 0.25) is 11.8 Å². The standard InChI is InChI=1S/C33H43N3O4S.ClH/c1-3-24(4-2)31-32(37)35-30(28-20-25-11-5-6-12-26(25)21-28)33(38)36(31)22-27-13-7-8-14-29(27)41(39,40)19-9-10-23-15-17-34-18-16-23;/h5-14,23-24,28,30-31,34H,3-4,15-22H2,1-2H3,(H,35,37);1H. The van der Waals surface area contributed by atoms with Crippen molar-refractivity contribution in [3.63, 3.8) is 0 Å². The fourth-order valence-electron chi connectivity index (χ4n) is 6.91. The van der Waals surface area contributed by atoms with E-state index in [-0.39, 0.29) is 53.3 Å². The lowest BCUT2D eigenvalue weighted by molar-refractivity contribution is -0.154. The number of carbonyl (C=O) groups excluding carboxylic acids is 2. The highest BCUT2D eigenvalue weighted by molar-refractivity contribution is 7.91. The number of carbonyl (C=O) groups is 2. The van der Waals surface area contributed by atoms with Gasteiger partial charge in [0.25, 0.3) is 0 Å². The lowest BCUT2D eigenvalue weighted by Crippen LogP contribution is -2.66. The lowest BCUT2D eigenvalue weighted by atomic mass is 9.86. The molecule has 2 fully saturated rings. The second-order valence-corrected chi connectivity index (χ2v) is 13.8. The Morgan fingerprint density at radius 2 is 1.57 bits per heavy atom. The SMILES string of the molecule is CCC(CC)C1C(=O)NC(C2Cc3ccccc3C2)C(=O)N1Cc1ccccc1S(=O)(=O)CC=CC1CCNCC1.Cl. The first kappa shape index (κ1) is 32.2. The van der Waals surface area contributed by atoms with E-state index in [1.165, 1.54) is 11.1 Å². The minimum absolute atomic E-state index is 0. The van der Waals surface area contributed by atoms with Crippen LogP contribution in [0.3, 0.4) is 0 Å². The molecule has 2 amide bonds. The summed E-state index contributed by atoms with van der Waals surface area (Å²) in [5, 5.41) is 6.43. The second kappa shape index (κ2) is 14.2. The molecule has 7 nitrogen and oxygen atoms in total. The normalized spacial score (nSPS) is 21.9. The number of amides is 2. The molecule has 2 saturated heterocycles. The first-order valence-electron chi connectivity index (χ1n) is 15.2. The van der Waals surface area contributed by atoms with Gasteiger partial charge in [-0.3, -0.25) is 9.59 Å². The van der Waals surface area contributed by atoms with Crippen molar-refractivity contribution < 1.29 is 18.0 Å². The van der Waals surface area contributed by atoms with Gasteiger partial charge >= 0.3 is 0 Å². The monoisotopic (exact) mass is 613 g/mol. The van der Waals surface area contributed by atoms with Crippen molar-refractivity contribution in [3.05, 3.63) is 77.4 Å². The summed E-state index contributed by atoms with van der Waals surface area (Å²) in [6.45, 7) is 6.08. The fourth-order valence-corrected chi connectivity index (χ4v) is 8.27. The van der Waals surface area contributed by atoms with E-state index in [9.17, 15) is 18.0 Å². The van der Waals surface area contributed by atoms with Gasteiger partial charge in [0.15, 0.2) is 9.84 Å². The molecule has 2 atom stereocenters. The van der Waals surface area contributed by atoms with E-state index in [1.807, 2.05) is 38.1 Å². The maximum atomic E-state index is 14.2. The van der Waals surface area contributed by atoms with Crippen molar-refractivity contribution in [2.75, 3.05) is 18.8 Å². The highest BCUT2D eigenvalue weighted by atomic mass is 35.5. The summed E-state index contributed by atoms with van der Waals surface area (Å²) in [6.07, 6.45) is 8.82. The molecule has 0 spiro atoms. The molecule has 0 aromatic heterocycles. The predicted molar refractivity (Wildman–Crippen MR) is 168 cm³/mol. The molecule has 2 N–H and O–H groups in total. The number of nitrogens with one attached hydrogen (secondary N) is 2. The Morgan fingerprint density at radius 3 is 2.21 bits per heavy atom. The van der Waals surface area contributed by atoms with Crippen LogP contribution in [0.15, 0.2) is 65.6 Å². The molecular formula is C33H44ClN3O4S. The molecule has 0 radical (unpaired) electrons. The average molecular weight is 614 g/mol. The van der Waals surface area contributed by atoms with Crippen molar-refractivity contribution in [2.45, 2.75) is 75.9 Å². The first-order chi connectivity index (χ1) is 19.8. The number of rotatable bonds is 10. The molecule has 2 unspecified atom stereocenters. The van der Waals surface area contributed by atoms with E-state index in [1.54, 1.807) is 29.2 Å². The summed E-state index contributed by atoms with van der Waals surface area (Å²) in [5.41, 5.74) is 3.01. The van der Waals surface area contributed by atoms with Gasteiger partial charge in [0.05, 0.1) is 10.6 Å². The van der Waals surface area contributed by atoms with E-state index in [4.69, 9.17) is 0 Å². The van der Waals surface area contributed by atoms with Crippen LogP contribution in [0.5, 0.6) is 0 Å². The van der Waals surface area contributed by atoms with Crippen molar-refractivity contribution >= 4 is 34.1 Å². The molecular weight excluding hydrogens is 570 g/mol. The molecule has 9 heteroatoms. The van der Waals surface area contributed by atoms with Gasteiger partial charge in [-0.2, -0.15) is 0 Å². The third kappa shape index (κ3) is 6.92. The van der Waals surface area contributed by atoms with Gasteiger partial charge in [0.1, 0.15) is 12.1 Å². The van der Waals surface area contributed by atoms with Crippen molar-refractivity contribution in [2.24, 2.45) is 17.8 Å². The van der Waals surface area contributed by atoms with Crippen molar-refractivity contribution in [1.82, 2.24) is 15.5 Å². The summed E-state index contributed by atoms with van der Waals surface area (Å²) in [7, 11) is -3.63. The highest BCUT2D eigenvalue weighted by Gasteiger charge is 2.47. The van der Waals surface area contributed by atoms with Crippen LogP contribution in [0.1, 0.15) is 56.2 Å². The molecule has 228 valence electrons. The van der Waals surface area contributed by atoms with Crippen molar-refractivity contribution in [3.8, 4) is 0 Å². The Hall–Kier alpha value is -2.68. The van der Waals surface area contributed by atoms with E-state index >= 15 is 0 Å². The number of allylic oxidation sites excluding steroid dienone is 1. The number of hydrogen-bond donors (Lipinski definition) is 2. The van der Waals surface area contributed by atoms with Crippen LogP contribution in [0.4, 0.5) is 0 Å². The molecule has 5 rings (SSSR count). The van der Waals surface area contributed by atoms with Crippen LogP contribution in [-0.2, 0) is 38.8 Å². The van der Waals surface area contributed by atoms with Crippen LogP contribution < -0.4 is 10.6 Å². The van der Waals surface area contributed by atoms with Gasteiger partial charge in [-0.1, -0.05) is 81.3 Å². The topological polar surface area (TPSA) is 95.6 Å². The Balaban J connectivity index is 0.00000405. The van der Waals surface area contributed by atoms with E-state index < -0.39 is 21.9 Å². The molecule has 2 aromatic carbocycles. The van der Waals surface area contributed by atoms with Crippen LogP contribution in [0.2, 0.25) is 0 Å². The third-order valence-corrected chi connectivity index (χ3v) is 11.0. The minimum Gasteiger partial charge on any atom is -0.342 e. The number of fused-ring (bicyclic) bond motifs is 1. The lowest BCUT2D eigenvalue weighted by Gasteiger charge is -2.44. The summed E-state index contributed by atoms with van der Waals surface area (Å²) in [6, 6.07) is 13.9. The van der Waals surface area contributed by atoms with E-state index in [0.29, 0.717) is 11.5 Å². The van der Waals surface area contributed by atoms with Gasteiger partial charge in [-0.05, 0) is 79.3 Å². The summed E-state index contributed by atoms with van der Waals surface area (Å²) in [4.78, 5) is 29.8. The maximum Gasteiger partial charge on any atom is 0.246 e. The molecule has 42 heavy (non-hydrogen) atoms. The molecule has 2 aliphatic heterocycles. The van der Waals surface area contributed by atoms with Gasteiger partial charge in [-0.25, -0.2) is 8.42 Å². The van der Waals surface area contributed by atoms with Crippen LogP contribution in [0.25, 0.3) is 0 Å². The molecule has 0 saturated carbocycles. The largest absolute Gasteiger partial charge is 0.342 e. The van der Waals surface area contributed by atoms with Crippen LogP contribution >= 0.6 is 12.4 Å². The number of halogens is 1. The minimum atomic E-state index is -3.63. The van der Waals surface area contributed by atoms with Gasteiger partial charge in [0, 0.05) is 6.54 Å². The van der Waals surface area contributed by atoms with Crippen LogP contribution in [-0.4, -0.2) is 56.1 Å². The number of nitrogens with zero attached hydrogens (tertiary/aromatic N) is 1. The number of hydrogen-bond acceptors (Lipinski definition) is 5. The van der Waals surface area contributed by atoms with E-state index in [2.05, 4.69) is 22.8 Å². The summed E-state index contributed by atoms with van der Waals surface area (Å²) in [5.74, 6) is 0.0271. The zero-order chi connectivity index (χ0) is 29.0. The van der Waals surface area contributed by atoms with Crippen LogP contribution in [0, 0.1) is 17.8 Å². The number of benzene rings is 2. The number of sulfone groups is 1. The Kier molecular flexibility index (Phi) is 10.9. The van der Waals surface area contributed by atoms with Gasteiger partial charge in [-0.15, -0.1) is 12.4 Å². The number of piperidine rings is 1. The molecule has 2 aromatic rings. The Bertz CT molecular complexity index is 1360. The van der Waals surface area contributed by atoms with Gasteiger partial charge < -0.3 is 15.5 Å². The summed E-state index contributed by atoms with van der Waals surface area (Å²) >= 11 is 0. The molecule has 2 heterocycles. The molecule has 3 aliphatic rings. The Labute approximate surface area is 256 Å². The zero-order valence-corrected chi connectivity index (χ0v) is 26.3. The molecule has 0 bridgehead atoms. The first-order valence-corrected chi connectivity index (χ1v) is 16.8. The Morgan fingerprint density at radius 1 is 0.952 bits per heavy atom. The number of piperazine rings is 1. The zero-order valence-electron chi connectivity index (χ0n) is 24.6. The van der Waals surface area contributed by atoms with Crippen molar-refractivity contribution in [1.29, 1.82) is 0 Å². The highest BCUT2D eigenvalue weighted by Crippen LogP contribution is 2.34.